The fourth-order valence-corrected chi connectivity index (χ4v) is 5.50. The van der Waals surface area contributed by atoms with E-state index < -0.39 is 16.8 Å². The largest absolute Gasteiger partial charge is 0.426 e. The van der Waals surface area contributed by atoms with Gasteiger partial charge in [0.05, 0.1) is 5.92 Å². The molecule has 3 aliphatic carbocycles. The van der Waals surface area contributed by atoms with Gasteiger partial charge in [0.25, 0.3) is 5.92 Å². The van der Waals surface area contributed by atoms with E-state index in [1.165, 1.54) is 32.1 Å². The zero-order chi connectivity index (χ0) is 22.4. The summed E-state index contributed by atoms with van der Waals surface area (Å²) >= 11 is 0. The van der Waals surface area contributed by atoms with Crippen LogP contribution < -0.4 is 4.74 Å². The average molecular weight is 441 g/mol. The second kappa shape index (κ2) is 7.89. The van der Waals surface area contributed by atoms with Gasteiger partial charge >= 0.3 is 5.97 Å². The molecular weight excluding hydrogens is 410 g/mol. The first-order valence-corrected chi connectivity index (χ1v) is 11.9. The van der Waals surface area contributed by atoms with Crippen molar-refractivity contribution in [3.05, 3.63) is 42.5 Å². The number of nitrogens with zero attached hydrogens (tertiary/aromatic N) is 2. The van der Waals surface area contributed by atoms with Crippen molar-refractivity contribution < 1.29 is 18.3 Å². The number of carbonyl (C=O) groups is 1. The molecule has 3 aliphatic rings. The van der Waals surface area contributed by atoms with Crippen LogP contribution in [0, 0.1) is 16.7 Å². The predicted octanol–water partition coefficient (Wildman–Crippen LogP) is 6.39. The molecular formula is C26H30F2N2O2. The van der Waals surface area contributed by atoms with Gasteiger partial charge in [0.1, 0.15) is 11.6 Å². The third-order valence-corrected chi connectivity index (χ3v) is 7.77. The van der Waals surface area contributed by atoms with Crippen LogP contribution in [0.15, 0.2) is 36.7 Å². The molecule has 170 valence electrons. The van der Waals surface area contributed by atoms with Crippen LogP contribution in [-0.2, 0) is 11.2 Å². The Kier molecular flexibility index (Phi) is 5.30. The molecule has 1 aromatic heterocycles. The van der Waals surface area contributed by atoms with Crippen LogP contribution in [0.2, 0.25) is 0 Å². The van der Waals surface area contributed by atoms with Gasteiger partial charge < -0.3 is 4.74 Å². The van der Waals surface area contributed by atoms with Gasteiger partial charge in [0, 0.05) is 36.2 Å². The molecule has 32 heavy (non-hydrogen) atoms. The number of aromatic nitrogens is 2. The highest BCUT2D eigenvalue weighted by Crippen LogP contribution is 2.95. The molecule has 0 aliphatic heterocycles. The number of alkyl halides is 2. The van der Waals surface area contributed by atoms with Crippen molar-refractivity contribution in [1.82, 2.24) is 9.97 Å². The maximum absolute atomic E-state index is 13.6. The summed E-state index contributed by atoms with van der Waals surface area (Å²) in [6.45, 7) is 2.22. The fourth-order valence-electron chi connectivity index (χ4n) is 5.50. The number of unbranched alkanes of at least 4 members (excludes halogenated alkanes) is 5. The van der Waals surface area contributed by atoms with Crippen molar-refractivity contribution in [2.24, 2.45) is 16.7 Å². The number of halogens is 2. The molecule has 0 radical (unpaired) electrons. The van der Waals surface area contributed by atoms with Crippen LogP contribution in [0.3, 0.4) is 0 Å². The molecule has 3 fully saturated rings. The first-order chi connectivity index (χ1) is 15.4. The van der Waals surface area contributed by atoms with Gasteiger partial charge in [-0.3, -0.25) is 4.79 Å². The zero-order valence-electron chi connectivity index (χ0n) is 18.6. The van der Waals surface area contributed by atoms with Crippen LogP contribution in [0.25, 0.3) is 11.1 Å². The molecule has 1 heterocycles. The van der Waals surface area contributed by atoms with E-state index in [0.717, 1.165) is 29.8 Å². The first-order valence-electron chi connectivity index (χ1n) is 11.9. The Bertz CT molecular complexity index is 992. The standard InChI is InChI=1S/C26H30F2N2O2/c1-2-3-4-5-6-7-8-22-29-14-19(15-30-22)18-9-11-20(12-10-18)32-23(31)21-13-24(21)16-25(24)17-26(25,27)28/h9-12,14-15,21H,2-8,13,16-17H2,1H3/t21-,24-,25+/m0/s1. The molecule has 2 aromatic rings. The Morgan fingerprint density at radius 3 is 2.28 bits per heavy atom. The Labute approximate surface area is 187 Å². The molecule has 0 bridgehead atoms. The van der Waals surface area contributed by atoms with Crippen molar-refractivity contribution >= 4 is 5.97 Å². The quantitative estimate of drug-likeness (QED) is 0.244. The first kappa shape index (κ1) is 21.5. The normalized spacial score (nSPS) is 28.7. The lowest BCUT2D eigenvalue weighted by Gasteiger charge is -2.06. The molecule has 2 spiro atoms. The number of ether oxygens (including phenoxy) is 1. The summed E-state index contributed by atoms with van der Waals surface area (Å²) in [7, 11) is 0. The number of aryl methyl sites for hydroxylation is 1. The Morgan fingerprint density at radius 1 is 1.00 bits per heavy atom. The molecule has 6 heteroatoms. The fraction of sp³-hybridized carbons (Fsp3) is 0.577. The minimum absolute atomic E-state index is 0.0572. The van der Waals surface area contributed by atoms with Gasteiger partial charge in [-0.2, -0.15) is 0 Å². The molecule has 3 atom stereocenters. The highest BCUT2D eigenvalue weighted by molar-refractivity contribution is 5.81. The second-order valence-electron chi connectivity index (χ2n) is 9.90. The third kappa shape index (κ3) is 3.71. The van der Waals surface area contributed by atoms with E-state index in [1.807, 2.05) is 24.5 Å². The van der Waals surface area contributed by atoms with E-state index in [-0.39, 0.29) is 18.3 Å². The lowest BCUT2D eigenvalue weighted by atomic mass is 10.1. The Balaban J connectivity index is 1.10. The van der Waals surface area contributed by atoms with Crippen molar-refractivity contribution in [1.29, 1.82) is 0 Å². The van der Waals surface area contributed by atoms with E-state index in [1.54, 1.807) is 12.1 Å². The summed E-state index contributed by atoms with van der Waals surface area (Å²) in [6, 6.07) is 7.21. The van der Waals surface area contributed by atoms with E-state index in [0.29, 0.717) is 18.6 Å². The van der Waals surface area contributed by atoms with Gasteiger partial charge in [0.2, 0.25) is 0 Å². The van der Waals surface area contributed by atoms with Gasteiger partial charge in [0.15, 0.2) is 0 Å². The van der Waals surface area contributed by atoms with Crippen molar-refractivity contribution in [3.8, 4) is 16.9 Å². The average Bonchev–Trinajstić information content (AvgIpc) is 3.72. The molecule has 1 aromatic carbocycles. The molecule has 0 N–H and O–H groups in total. The van der Waals surface area contributed by atoms with Crippen molar-refractivity contribution in [2.45, 2.75) is 77.1 Å². The minimum Gasteiger partial charge on any atom is -0.426 e. The van der Waals surface area contributed by atoms with Crippen molar-refractivity contribution in [3.63, 3.8) is 0 Å². The highest BCUT2D eigenvalue weighted by atomic mass is 19.3. The van der Waals surface area contributed by atoms with Gasteiger partial charge in [-0.25, -0.2) is 18.7 Å². The maximum atomic E-state index is 13.6. The van der Waals surface area contributed by atoms with Crippen molar-refractivity contribution in [2.75, 3.05) is 0 Å². The third-order valence-electron chi connectivity index (χ3n) is 7.77. The van der Waals surface area contributed by atoms with Crippen LogP contribution in [0.5, 0.6) is 5.75 Å². The lowest BCUT2D eigenvalue weighted by molar-refractivity contribution is -0.136. The smallest absolute Gasteiger partial charge is 0.314 e. The van der Waals surface area contributed by atoms with Gasteiger partial charge in [-0.05, 0) is 42.4 Å². The van der Waals surface area contributed by atoms with Crippen LogP contribution in [0.1, 0.15) is 70.5 Å². The van der Waals surface area contributed by atoms with E-state index in [4.69, 9.17) is 4.74 Å². The molecule has 4 nitrogen and oxygen atoms in total. The topological polar surface area (TPSA) is 52.1 Å². The van der Waals surface area contributed by atoms with Gasteiger partial charge in [-0.1, -0.05) is 51.2 Å². The number of hydrogen-bond acceptors (Lipinski definition) is 4. The molecule has 3 saturated carbocycles. The highest BCUT2D eigenvalue weighted by Gasteiger charge is 2.97. The maximum Gasteiger partial charge on any atom is 0.314 e. The molecule has 0 unspecified atom stereocenters. The second-order valence-corrected chi connectivity index (χ2v) is 9.90. The van der Waals surface area contributed by atoms with E-state index in [2.05, 4.69) is 16.9 Å². The number of benzene rings is 1. The number of hydrogen-bond donors (Lipinski definition) is 0. The van der Waals surface area contributed by atoms with Crippen LogP contribution >= 0.6 is 0 Å². The molecule has 5 rings (SSSR count). The number of carbonyl (C=O) groups excluding carboxylic acids is 1. The van der Waals surface area contributed by atoms with Crippen LogP contribution in [-0.4, -0.2) is 21.9 Å². The minimum atomic E-state index is -2.57. The van der Waals surface area contributed by atoms with Crippen LogP contribution in [0.4, 0.5) is 8.78 Å². The molecule has 0 saturated heterocycles. The summed E-state index contributed by atoms with van der Waals surface area (Å²) in [5.41, 5.74) is 0.501. The summed E-state index contributed by atoms with van der Waals surface area (Å²) < 4.78 is 32.6. The summed E-state index contributed by atoms with van der Waals surface area (Å²) in [4.78, 5) is 21.4. The monoisotopic (exact) mass is 440 g/mol. The number of esters is 1. The zero-order valence-corrected chi connectivity index (χ0v) is 18.6. The summed E-state index contributed by atoms with van der Waals surface area (Å²) in [5.74, 6) is -2.01. The Hall–Kier alpha value is -2.37. The molecule has 0 amide bonds. The summed E-state index contributed by atoms with van der Waals surface area (Å²) in [5, 5.41) is 0. The van der Waals surface area contributed by atoms with Gasteiger partial charge in [-0.15, -0.1) is 0 Å². The number of fused-ring (bicyclic) bond motifs is 1. The SMILES string of the molecule is CCCCCCCCc1ncc(-c2ccc(OC(=O)[C@@H]3C[C@]34C[C@@]43CC3(F)F)cc2)cn1. The Morgan fingerprint density at radius 2 is 1.66 bits per heavy atom. The predicted molar refractivity (Wildman–Crippen MR) is 117 cm³/mol. The lowest BCUT2D eigenvalue weighted by Crippen LogP contribution is -2.13. The van der Waals surface area contributed by atoms with E-state index >= 15 is 0 Å². The number of rotatable bonds is 10. The summed E-state index contributed by atoms with van der Waals surface area (Å²) in [6.07, 6.45) is 13.0. The van der Waals surface area contributed by atoms with E-state index in [9.17, 15) is 13.6 Å².